The summed E-state index contributed by atoms with van der Waals surface area (Å²) in [6.45, 7) is 2.54. The van der Waals surface area contributed by atoms with Gasteiger partial charge in [-0.2, -0.15) is 17.5 Å². The summed E-state index contributed by atoms with van der Waals surface area (Å²) in [6.07, 6.45) is -2.23. The summed E-state index contributed by atoms with van der Waals surface area (Å²) in [4.78, 5) is 1.35. The fourth-order valence-electron chi connectivity index (χ4n) is 1.95. The molecule has 18 heavy (non-hydrogen) atoms. The highest BCUT2D eigenvalue weighted by Gasteiger charge is 2.37. The van der Waals surface area contributed by atoms with Gasteiger partial charge in [-0.05, 0) is 44.1 Å². The summed E-state index contributed by atoms with van der Waals surface area (Å²) in [5, 5.41) is 0.585. The molecule has 0 radical (unpaired) electrons. The van der Waals surface area contributed by atoms with E-state index in [9.17, 15) is 13.2 Å². The van der Waals surface area contributed by atoms with Crippen molar-refractivity contribution >= 4 is 22.4 Å². The molecule has 1 aromatic heterocycles. The average molecular weight is 279 g/mol. The van der Waals surface area contributed by atoms with E-state index < -0.39 is 12.7 Å². The number of halogens is 3. The zero-order valence-electron chi connectivity index (χ0n) is 10.3. The molecule has 0 atom stereocenters. The summed E-state index contributed by atoms with van der Waals surface area (Å²) < 4.78 is 41.9. The number of anilines is 2. The molecular formula is C11H16F3N3S. The van der Waals surface area contributed by atoms with E-state index in [-0.39, 0.29) is 6.04 Å². The van der Waals surface area contributed by atoms with Crippen LogP contribution in [0.4, 0.5) is 24.0 Å². The summed E-state index contributed by atoms with van der Waals surface area (Å²) in [5.74, 6) is 0.693. The minimum atomic E-state index is -4.22. The molecule has 1 saturated carbocycles. The topological polar surface area (TPSA) is 42.2 Å². The normalized spacial score (nSPS) is 16.3. The molecule has 1 fully saturated rings. The van der Waals surface area contributed by atoms with Gasteiger partial charge in [-0.25, -0.2) is 0 Å². The summed E-state index contributed by atoms with van der Waals surface area (Å²) in [6, 6.07) is -0.232. The van der Waals surface area contributed by atoms with Gasteiger partial charge < -0.3 is 10.6 Å². The van der Waals surface area contributed by atoms with Crippen molar-refractivity contribution in [3.63, 3.8) is 0 Å². The Bertz CT molecular complexity index is 424. The second-order valence-corrected chi connectivity index (χ2v) is 5.65. The molecular weight excluding hydrogens is 263 g/mol. The predicted octanol–water partition coefficient (Wildman–Crippen LogP) is 3.38. The highest BCUT2D eigenvalue weighted by Crippen LogP contribution is 2.49. The Balaban J connectivity index is 2.31. The van der Waals surface area contributed by atoms with E-state index in [0.717, 1.165) is 29.9 Å². The maximum Gasteiger partial charge on any atom is 0.405 e. The van der Waals surface area contributed by atoms with E-state index in [1.807, 2.05) is 0 Å². The Morgan fingerprint density at radius 1 is 1.44 bits per heavy atom. The minimum Gasteiger partial charge on any atom is -0.383 e. The molecule has 0 saturated heterocycles. The van der Waals surface area contributed by atoms with Crippen LogP contribution in [0.2, 0.25) is 0 Å². The Morgan fingerprint density at radius 3 is 2.50 bits per heavy atom. The number of alkyl halides is 3. The van der Waals surface area contributed by atoms with E-state index in [0.29, 0.717) is 16.7 Å². The maximum atomic E-state index is 12.6. The molecule has 1 aromatic rings. The van der Waals surface area contributed by atoms with Crippen molar-refractivity contribution in [2.45, 2.75) is 44.8 Å². The molecule has 0 bridgehead atoms. The van der Waals surface area contributed by atoms with Gasteiger partial charge in [0.2, 0.25) is 0 Å². The first kappa shape index (κ1) is 13.5. The molecule has 3 nitrogen and oxygen atoms in total. The van der Waals surface area contributed by atoms with E-state index >= 15 is 0 Å². The van der Waals surface area contributed by atoms with Crippen molar-refractivity contribution in [2.24, 2.45) is 0 Å². The number of hydrogen-bond donors (Lipinski definition) is 1. The fourth-order valence-corrected chi connectivity index (χ4v) is 2.98. The van der Waals surface area contributed by atoms with Gasteiger partial charge in [-0.15, -0.1) is 0 Å². The molecule has 1 heterocycles. The van der Waals surface area contributed by atoms with Crippen LogP contribution in [0, 0.1) is 0 Å². The predicted molar refractivity (Wildman–Crippen MR) is 67.0 cm³/mol. The molecule has 1 aliphatic carbocycles. The van der Waals surface area contributed by atoms with Crippen LogP contribution in [0.25, 0.3) is 0 Å². The number of aromatic nitrogens is 1. The lowest BCUT2D eigenvalue weighted by Gasteiger charge is -2.29. The van der Waals surface area contributed by atoms with Crippen LogP contribution in [-0.2, 0) is 0 Å². The summed E-state index contributed by atoms with van der Waals surface area (Å²) >= 11 is 1.07. The number of nitrogens with zero attached hydrogens (tertiary/aromatic N) is 2. The van der Waals surface area contributed by atoms with E-state index in [1.165, 1.54) is 4.90 Å². The zero-order valence-corrected chi connectivity index (χ0v) is 11.1. The molecule has 0 aliphatic heterocycles. The molecule has 2 N–H and O–H groups in total. The number of hydrogen-bond acceptors (Lipinski definition) is 4. The maximum absolute atomic E-state index is 12.6. The number of nitrogen functional groups attached to an aromatic ring is 1. The lowest BCUT2D eigenvalue weighted by atomic mass is 10.2. The first-order valence-electron chi connectivity index (χ1n) is 5.88. The number of rotatable bonds is 4. The van der Waals surface area contributed by atoms with Crippen LogP contribution in [0.15, 0.2) is 0 Å². The Morgan fingerprint density at radius 2 is 2.06 bits per heavy atom. The monoisotopic (exact) mass is 279 g/mol. The Kier molecular flexibility index (Phi) is 3.44. The quantitative estimate of drug-likeness (QED) is 0.918. The first-order chi connectivity index (χ1) is 8.29. The highest BCUT2D eigenvalue weighted by atomic mass is 32.1. The Labute approximate surface area is 108 Å². The second-order valence-electron chi connectivity index (χ2n) is 4.90. The number of nitrogens with two attached hydrogens (primary N) is 1. The van der Waals surface area contributed by atoms with Crippen molar-refractivity contribution in [3.05, 3.63) is 5.56 Å². The lowest BCUT2D eigenvalue weighted by Crippen LogP contribution is -2.39. The lowest BCUT2D eigenvalue weighted by molar-refractivity contribution is -0.120. The first-order valence-corrected chi connectivity index (χ1v) is 6.65. The van der Waals surface area contributed by atoms with Gasteiger partial charge in [0.05, 0.1) is 0 Å². The molecule has 0 unspecified atom stereocenters. The molecule has 0 spiro atoms. The van der Waals surface area contributed by atoms with Crippen LogP contribution < -0.4 is 10.6 Å². The van der Waals surface area contributed by atoms with Crippen LogP contribution in [0.3, 0.4) is 0 Å². The zero-order chi connectivity index (χ0) is 13.5. The van der Waals surface area contributed by atoms with Crippen LogP contribution in [-0.4, -0.2) is 23.1 Å². The molecule has 0 aromatic carbocycles. The Hall–Kier alpha value is -0.980. The van der Waals surface area contributed by atoms with Gasteiger partial charge in [0.15, 0.2) is 0 Å². The third-order valence-electron chi connectivity index (χ3n) is 2.96. The van der Waals surface area contributed by atoms with Crippen molar-refractivity contribution in [1.82, 2.24) is 4.37 Å². The molecule has 102 valence electrons. The van der Waals surface area contributed by atoms with Gasteiger partial charge in [-0.3, -0.25) is 0 Å². The average Bonchev–Trinajstić information content (AvgIpc) is 2.98. The molecule has 7 heteroatoms. The SMILES string of the molecule is CC(C)N(CC(F)(F)F)c1snc(N)c1C1CC1. The van der Waals surface area contributed by atoms with Gasteiger partial charge in [0, 0.05) is 11.6 Å². The third kappa shape index (κ3) is 2.88. The smallest absolute Gasteiger partial charge is 0.383 e. The highest BCUT2D eigenvalue weighted by molar-refractivity contribution is 7.10. The standard InChI is InChI=1S/C11H16F3N3S/c1-6(2)17(5-11(12,13)14)10-8(7-3-4-7)9(15)16-18-10/h6-7H,3-5H2,1-2H3,(H2,15,16). The van der Waals surface area contributed by atoms with Gasteiger partial charge in [0.1, 0.15) is 17.4 Å². The fraction of sp³-hybridized carbons (Fsp3) is 0.727. The van der Waals surface area contributed by atoms with Crippen molar-refractivity contribution < 1.29 is 13.2 Å². The van der Waals surface area contributed by atoms with Crippen molar-refractivity contribution in [2.75, 3.05) is 17.2 Å². The minimum absolute atomic E-state index is 0.232. The molecule has 1 aliphatic rings. The van der Waals surface area contributed by atoms with E-state index in [4.69, 9.17) is 5.73 Å². The largest absolute Gasteiger partial charge is 0.405 e. The van der Waals surface area contributed by atoms with Gasteiger partial charge in [-0.1, -0.05) is 0 Å². The van der Waals surface area contributed by atoms with Gasteiger partial charge >= 0.3 is 6.18 Å². The molecule has 0 amide bonds. The summed E-state index contributed by atoms with van der Waals surface area (Å²) in [5.41, 5.74) is 6.59. The third-order valence-corrected chi connectivity index (χ3v) is 3.87. The van der Waals surface area contributed by atoms with E-state index in [2.05, 4.69) is 4.37 Å². The van der Waals surface area contributed by atoms with Crippen LogP contribution in [0.1, 0.15) is 38.2 Å². The van der Waals surface area contributed by atoms with Crippen LogP contribution in [0.5, 0.6) is 0 Å². The van der Waals surface area contributed by atoms with Crippen molar-refractivity contribution in [1.29, 1.82) is 0 Å². The molecule has 2 rings (SSSR count). The van der Waals surface area contributed by atoms with E-state index in [1.54, 1.807) is 13.8 Å². The van der Waals surface area contributed by atoms with Crippen LogP contribution >= 0.6 is 11.5 Å². The van der Waals surface area contributed by atoms with Gasteiger partial charge in [0.25, 0.3) is 0 Å². The summed E-state index contributed by atoms with van der Waals surface area (Å²) in [7, 11) is 0. The second kappa shape index (κ2) is 4.60. The van der Waals surface area contributed by atoms with Crippen molar-refractivity contribution in [3.8, 4) is 0 Å².